The molecular weight excluding hydrogens is 340 g/mol. The summed E-state index contributed by atoms with van der Waals surface area (Å²) in [5, 5.41) is 6.75. The van der Waals surface area contributed by atoms with Crippen LogP contribution in [0.1, 0.15) is 46.1 Å². The maximum absolute atomic E-state index is 12.2. The van der Waals surface area contributed by atoms with Crippen molar-refractivity contribution in [2.24, 2.45) is 10.9 Å². The van der Waals surface area contributed by atoms with Crippen molar-refractivity contribution in [2.45, 2.75) is 52.7 Å². The number of guanidine groups is 1. The molecule has 0 bridgehead atoms. The molecule has 0 radical (unpaired) electrons. The first kappa shape index (κ1) is 21.1. The van der Waals surface area contributed by atoms with Gasteiger partial charge in [0.1, 0.15) is 5.60 Å². The van der Waals surface area contributed by atoms with E-state index < -0.39 is 5.60 Å². The molecule has 1 aromatic rings. The molecule has 2 rings (SSSR count). The maximum atomic E-state index is 12.2. The second-order valence-electron chi connectivity index (χ2n) is 7.97. The third-order valence-corrected chi connectivity index (χ3v) is 4.43. The third kappa shape index (κ3) is 7.89. The summed E-state index contributed by atoms with van der Waals surface area (Å²) < 4.78 is 5.46. The van der Waals surface area contributed by atoms with E-state index in [1.165, 1.54) is 5.56 Å². The Morgan fingerprint density at radius 2 is 1.85 bits per heavy atom. The minimum absolute atomic E-state index is 0.202. The summed E-state index contributed by atoms with van der Waals surface area (Å²) in [6, 6.07) is 10.2. The number of hydrogen-bond acceptors (Lipinski definition) is 3. The molecule has 0 atom stereocenters. The van der Waals surface area contributed by atoms with Gasteiger partial charge in [0.15, 0.2) is 5.96 Å². The van der Waals surface area contributed by atoms with E-state index in [-0.39, 0.29) is 6.09 Å². The van der Waals surface area contributed by atoms with Crippen LogP contribution in [0.3, 0.4) is 0 Å². The van der Waals surface area contributed by atoms with Crippen molar-refractivity contribution in [3.8, 4) is 0 Å². The van der Waals surface area contributed by atoms with Gasteiger partial charge in [0, 0.05) is 26.2 Å². The molecule has 0 unspecified atom stereocenters. The molecule has 0 saturated carbocycles. The summed E-state index contributed by atoms with van der Waals surface area (Å²) in [5.74, 6) is 1.38. The average Bonchev–Trinajstić information content (AvgIpc) is 2.64. The van der Waals surface area contributed by atoms with Crippen molar-refractivity contribution in [2.75, 3.05) is 26.2 Å². The van der Waals surface area contributed by atoms with Gasteiger partial charge in [-0.3, -0.25) is 0 Å². The molecule has 0 spiro atoms. The Morgan fingerprint density at radius 1 is 1.19 bits per heavy atom. The van der Waals surface area contributed by atoms with Crippen LogP contribution >= 0.6 is 0 Å². The van der Waals surface area contributed by atoms with Gasteiger partial charge in [0.05, 0.1) is 6.54 Å². The van der Waals surface area contributed by atoms with Crippen molar-refractivity contribution in [1.82, 2.24) is 15.5 Å². The normalized spacial score (nSPS) is 16.1. The highest BCUT2D eigenvalue weighted by molar-refractivity contribution is 5.79. The van der Waals surface area contributed by atoms with E-state index in [0.717, 1.165) is 45.0 Å². The van der Waals surface area contributed by atoms with Crippen LogP contribution in [0.5, 0.6) is 0 Å². The van der Waals surface area contributed by atoms with Crippen LogP contribution in [0.15, 0.2) is 35.3 Å². The Hall–Kier alpha value is -2.24. The first-order chi connectivity index (χ1) is 12.9. The number of piperidine rings is 1. The van der Waals surface area contributed by atoms with Crippen LogP contribution in [0.4, 0.5) is 4.79 Å². The standard InChI is InChI=1S/C21H34N4O2/c1-5-22-19(23-15-17-9-7-6-8-10-17)24-16-18-11-13-25(14-12-18)20(26)27-21(2,3)4/h6-10,18H,5,11-16H2,1-4H3,(H2,22,23,24). The van der Waals surface area contributed by atoms with Crippen molar-refractivity contribution in [1.29, 1.82) is 0 Å². The molecule has 27 heavy (non-hydrogen) atoms. The summed E-state index contributed by atoms with van der Waals surface area (Å²) in [7, 11) is 0. The fourth-order valence-electron chi connectivity index (χ4n) is 2.98. The van der Waals surface area contributed by atoms with Gasteiger partial charge in [0.2, 0.25) is 0 Å². The molecule has 6 nitrogen and oxygen atoms in total. The topological polar surface area (TPSA) is 66.0 Å². The van der Waals surface area contributed by atoms with E-state index in [4.69, 9.17) is 4.74 Å². The Bertz CT molecular complexity index is 602. The maximum Gasteiger partial charge on any atom is 0.410 e. The number of rotatable bonds is 5. The molecule has 1 heterocycles. The number of likely N-dealkylation sites (tertiary alicyclic amines) is 1. The summed E-state index contributed by atoms with van der Waals surface area (Å²) in [5.41, 5.74) is 0.756. The molecule has 150 valence electrons. The molecule has 6 heteroatoms. The number of ether oxygens (including phenoxy) is 1. The van der Waals surface area contributed by atoms with Gasteiger partial charge in [-0.15, -0.1) is 0 Å². The molecule has 1 amide bonds. The number of aliphatic imine (C=N–C) groups is 1. The third-order valence-electron chi connectivity index (χ3n) is 4.43. The van der Waals surface area contributed by atoms with Gasteiger partial charge in [-0.25, -0.2) is 9.79 Å². The first-order valence-corrected chi connectivity index (χ1v) is 9.91. The van der Waals surface area contributed by atoms with Gasteiger partial charge in [-0.05, 0) is 52.0 Å². The number of carbonyl (C=O) groups excluding carboxylic acids is 1. The second kappa shape index (κ2) is 10.2. The van der Waals surface area contributed by atoms with Crippen molar-refractivity contribution >= 4 is 12.1 Å². The van der Waals surface area contributed by atoms with Gasteiger partial charge in [-0.1, -0.05) is 30.3 Å². The number of benzene rings is 1. The lowest BCUT2D eigenvalue weighted by atomic mass is 9.97. The lowest BCUT2D eigenvalue weighted by Crippen LogP contribution is -2.45. The van der Waals surface area contributed by atoms with Gasteiger partial charge < -0.3 is 20.3 Å². The molecule has 1 aliphatic heterocycles. The van der Waals surface area contributed by atoms with Crippen molar-refractivity contribution in [3.05, 3.63) is 35.9 Å². The smallest absolute Gasteiger partial charge is 0.410 e. The largest absolute Gasteiger partial charge is 0.444 e. The van der Waals surface area contributed by atoms with Crippen molar-refractivity contribution < 1.29 is 9.53 Å². The zero-order valence-electron chi connectivity index (χ0n) is 17.1. The SMILES string of the molecule is CCNC(=NCc1ccccc1)NCC1CCN(C(=O)OC(C)(C)C)CC1. The van der Waals surface area contributed by atoms with E-state index in [1.54, 1.807) is 0 Å². The monoisotopic (exact) mass is 374 g/mol. The number of carbonyl (C=O) groups is 1. The highest BCUT2D eigenvalue weighted by atomic mass is 16.6. The summed E-state index contributed by atoms with van der Waals surface area (Å²) in [6.07, 6.45) is 1.75. The highest BCUT2D eigenvalue weighted by Gasteiger charge is 2.26. The van der Waals surface area contributed by atoms with Crippen LogP contribution in [0.25, 0.3) is 0 Å². The molecule has 1 aliphatic rings. The quantitative estimate of drug-likeness (QED) is 0.612. The van der Waals surface area contributed by atoms with E-state index >= 15 is 0 Å². The molecule has 1 fully saturated rings. The van der Waals surface area contributed by atoms with E-state index in [0.29, 0.717) is 12.5 Å². The number of amides is 1. The Labute approximate surface area is 163 Å². The molecule has 2 N–H and O–H groups in total. The fraction of sp³-hybridized carbons (Fsp3) is 0.619. The van der Waals surface area contributed by atoms with Crippen molar-refractivity contribution in [3.63, 3.8) is 0 Å². The Balaban J connectivity index is 1.77. The lowest BCUT2D eigenvalue weighted by Gasteiger charge is -2.33. The molecular formula is C21H34N4O2. The zero-order chi connectivity index (χ0) is 19.7. The number of hydrogen-bond donors (Lipinski definition) is 2. The van der Waals surface area contributed by atoms with E-state index in [2.05, 4.69) is 34.7 Å². The predicted octanol–water partition coefficient (Wildman–Crippen LogP) is 3.39. The minimum atomic E-state index is -0.439. The predicted molar refractivity (Wildman–Crippen MR) is 110 cm³/mol. The van der Waals surface area contributed by atoms with Crippen LogP contribution in [-0.4, -0.2) is 48.7 Å². The fourth-order valence-corrected chi connectivity index (χ4v) is 2.98. The first-order valence-electron chi connectivity index (χ1n) is 9.91. The minimum Gasteiger partial charge on any atom is -0.444 e. The van der Waals surface area contributed by atoms with Gasteiger partial charge in [-0.2, -0.15) is 0 Å². The summed E-state index contributed by atoms with van der Waals surface area (Å²) in [4.78, 5) is 18.6. The van der Waals surface area contributed by atoms with Crippen LogP contribution in [-0.2, 0) is 11.3 Å². The average molecular weight is 375 g/mol. The zero-order valence-corrected chi connectivity index (χ0v) is 17.1. The number of nitrogens with one attached hydrogen (secondary N) is 2. The number of nitrogens with zero attached hydrogens (tertiary/aromatic N) is 2. The van der Waals surface area contributed by atoms with Crippen LogP contribution in [0, 0.1) is 5.92 Å². The highest BCUT2D eigenvalue weighted by Crippen LogP contribution is 2.19. The molecule has 0 aromatic heterocycles. The van der Waals surface area contributed by atoms with E-state index in [9.17, 15) is 4.79 Å². The second-order valence-corrected chi connectivity index (χ2v) is 7.97. The van der Waals surface area contributed by atoms with E-state index in [1.807, 2.05) is 43.9 Å². The van der Waals surface area contributed by atoms with Gasteiger partial charge >= 0.3 is 6.09 Å². The summed E-state index contributed by atoms with van der Waals surface area (Å²) in [6.45, 7) is 11.6. The lowest BCUT2D eigenvalue weighted by molar-refractivity contribution is 0.0185. The van der Waals surface area contributed by atoms with Crippen LogP contribution in [0.2, 0.25) is 0 Å². The Morgan fingerprint density at radius 3 is 2.44 bits per heavy atom. The van der Waals surface area contributed by atoms with Crippen LogP contribution < -0.4 is 10.6 Å². The summed E-state index contributed by atoms with van der Waals surface area (Å²) >= 11 is 0. The van der Waals surface area contributed by atoms with Gasteiger partial charge in [0.25, 0.3) is 0 Å². The molecule has 1 saturated heterocycles. The Kier molecular flexibility index (Phi) is 7.95. The molecule has 0 aliphatic carbocycles. The molecule has 1 aromatic carbocycles.